The Morgan fingerprint density at radius 1 is 0.909 bits per heavy atom. The molecular weight excluding hydrogens is 338 g/mol. The number of nitrogens with one attached hydrogen (secondary N) is 1. The van der Waals surface area contributed by atoms with Crippen LogP contribution in [0, 0.1) is 11.6 Å². The van der Waals surface area contributed by atoms with Crippen molar-refractivity contribution in [1.29, 1.82) is 0 Å². The minimum Gasteiger partial charge on any atom is -0.280 e. The highest BCUT2D eigenvalue weighted by atomic mass is 32.2. The van der Waals surface area contributed by atoms with E-state index < -0.39 is 36.6 Å². The number of sulfonamides is 2. The number of hydrogen-bond donors (Lipinski definition) is 2. The maximum absolute atomic E-state index is 13.5. The van der Waals surface area contributed by atoms with E-state index in [9.17, 15) is 25.6 Å². The van der Waals surface area contributed by atoms with Crippen LogP contribution in [0.1, 0.15) is 0 Å². The summed E-state index contributed by atoms with van der Waals surface area (Å²) in [6.45, 7) is 0. The van der Waals surface area contributed by atoms with Gasteiger partial charge in [-0.2, -0.15) is 0 Å². The van der Waals surface area contributed by atoms with E-state index in [-0.39, 0.29) is 10.6 Å². The van der Waals surface area contributed by atoms with Gasteiger partial charge in [0.2, 0.25) is 10.0 Å². The van der Waals surface area contributed by atoms with Crippen molar-refractivity contribution < 1.29 is 25.6 Å². The van der Waals surface area contributed by atoms with E-state index in [0.29, 0.717) is 0 Å². The Hall–Kier alpha value is -2.04. The molecule has 0 saturated carbocycles. The molecule has 0 aliphatic carbocycles. The lowest BCUT2D eigenvalue weighted by Crippen LogP contribution is -2.16. The summed E-state index contributed by atoms with van der Waals surface area (Å²) in [5.74, 6) is -2.80. The van der Waals surface area contributed by atoms with Crippen LogP contribution in [0.25, 0.3) is 0 Å². The number of anilines is 1. The predicted octanol–water partition coefficient (Wildman–Crippen LogP) is 1.41. The average Bonchev–Trinajstić information content (AvgIpc) is 2.40. The first-order valence-corrected chi connectivity index (χ1v) is 8.74. The van der Waals surface area contributed by atoms with Crippen LogP contribution in [0.5, 0.6) is 0 Å². The van der Waals surface area contributed by atoms with Crippen molar-refractivity contribution in [3.63, 3.8) is 0 Å². The van der Waals surface area contributed by atoms with Crippen LogP contribution in [0.3, 0.4) is 0 Å². The Balaban J connectivity index is 2.35. The molecule has 0 aliphatic heterocycles. The Morgan fingerprint density at radius 3 is 2.05 bits per heavy atom. The maximum atomic E-state index is 13.5. The van der Waals surface area contributed by atoms with Gasteiger partial charge in [-0.05, 0) is 36.4 Å². The molecule has 0 amide bonds. The fourth-order valence-corrected chi connectivity index (χ4v) is 3.28. The second kappa shape index (κ2) is 5.63. The van der Waals surface area contributed by atoms with Crippen LogP contribution in [-0.2, 0) is 20.0 Å². The molecule has 0 radical (unpaired) electrons. The van der Waals surface area contributed by atoms with E-state index >= 15 is 0 Å². The summed E-state index contributed by atoms with van der Waals surface area (Å²) < 4.78 is 74.8. The largest absolute Gasteiger partial charge is 0.280 e. The Bertz CT molecular complexity index is 911. The zero-order valence-electron chi connectivity index (χ0n) is 10.8. The van der Waals surface area contributed by atoms with Gasteiger partial charge in [-0.25, -0.2) is 30.8 Å². The van der Waals surface area contributed by atoms with Crippen LogP contribution < -0.4 is 9.86 Å². The number of nitrogens with two attached hydrogens (primary N) is 1. The first kappa shape index (κ1) is 16.3. The van der Waals surface area contributed by atoms with Crippen LogP contribution in [0.2, 0.25) is 0 Å². The van der Waals surface area contributed by atoms with Gasteiger partial charge < -0.3 is 0 Å². The van der Waals surface area contributed by atoms with Crippen LogP contribution in [0.4, 0.5) is 14.5 Å². The molecule has 0 aromatic heterocycles. The van der Waals surface area contributed by atoms with E-state index in [1.807, 2.05) is 4.72 Å². The Morgan fingerprint density at radius 2 is 1.50 bits per heavy atom. The molecule has 0 spiro atoms. The van der Waals surface area contributed by atoms with Crippen molar-refractivity contribution in [3.8, 4) is 0 Å². The van der Waals surface area contributed by atoms with Crippen molar-refractivity contribution in [3.05, 3.63) is 54.1 Å². The summed E-state index contributed by atoms with van der Waals surface area (Å²) in [6.07, 6.45) is 0. The summed E-state index contributed by atoms with van der Waals surface area (Å²) in [6, 6.07) is 7.17. The SMILES string of the molecule is NS(=O)(=O)c1ccc(NS(=O)(=O)c2cccc(F)c2F)cc1. The van der Waals surface area contributed by atoms with Crippen LogP contribution >= 0.6 is 0 Å². The summed E-state index contributed by atoms with van der Waals surface area (Å²) in [5, 5.41) is 4.90. The molecule has 22 heavy (non-hydrogen) atoms. The smallest absolute Gasteiger partial charge is 0.264 e. The van der Waals surface area contributed by atoms with Gasteiger partial charge in [0.05, 0.1) is 4.90 Å². The minimum absolute atomic E-state index is 0.0314. The molecule has 2 aromatic carbocycles. The first-order valence-electron chi connectivity index (χ1n) is 5.71. The van der Waals surface area contributed by atoms with Gasteiger partial charge in [0.15, 0.2) is 11.6 Å². The molecule has 0 unspecified atom stereocenters. The standard InChI is InChI=1S/C12H10F2N2O4S2/c13-10-2-1-3-11(12(10)14)22(19,20)16-8-4-6-9(7-5-8)21(15,17)18/h1-7,16H,(H2,15,17,18). The average molecular weight is 348 g/mol. The monoisotopic (exact) mass is 348 g/mol. The maximum Gasteiger partial charge on any atom is 0.264 e. The fourth-order valence-electron chi connectivity index (χ4n) is 1.61. The molecule has 2 rings (SSSR count). The van der Waals surface area contributed by atoms with E-state index in [4.69, 9.17) is 5.14 Å². The molecule has 0 fully saturated rings. The first-order chi connectivity index (χ1) is 10.1. The molecule has 0 aliphatic rings. The van der Waals surface area contributed by atoms with Crippen LogP contribution in [-0.4, -0.2) is 16.8 Å². The zero-order chi connectivity index (χ0) is 16.5. The molecule has 0 atom stereocenters. The number of halogens is 2. The number of benzene rings is 2. The third kappa shape index (κ3) is 3.40. The van der Waals surface area contributed by atoms with Gasteiger partial charge in [0.1, 0.15) is 4.90 Å². The van der Waals surface area contributed by atoms with E-state index in [1.165, 1.54) is 0 Å². The molecule has 0 bridgehead atoms. The van der Waals surface area contributed by atoms with Gasteiger partial charge >= 0.3 is 0 Å². The Kier molecular flexibility index (Phi) is 4.18. The molecule has 6 nitrogen and oxygen atoms in total. The highest BCUT2D eigenvalue weighted by molar-refractivity contribution is 7.92. The highest BCUT2D eigenvalue weighted by Crippen LogP contribution is 2.21. The molecule has 2 aromatic rings. The normalized spacial score (nSPS) is 12.1. The lowest BCUT2D eigenvalue weighted by molar-refractivity contribution is 0.485. The zero-order valence-corrected chi connectivity index (χ0v) is 12.5. The third-order valence-corrected chi connectivity index (χ3v) is 4.97. The summed E-state index contributed by atoms with van der Waals surface area (Å²) >= 11 is 0. The minimum atomic E-state index is -4.36. The van der Waals surface area contributed by atoms with E-state index in [0.717, 1.165) is 42.5 Å². The van der Waals surface area contributed by atoms with Crippen LogP contribution in [0.15, 0.2) is 52.3 Å². The molecule has 3 N–H and O–H groups in total. The summed E-state index contributed by atoms with van der Waals surface area (Å²) in [4.78, 5) is -1.07. The molecule has 0 heterocycles. The quantitative estimate of drug-likeness (QED) is 0.871. The Labute approximate surface area is 125 Å². The lowest BCUT2D eigenvalue weighted by atomic mass is 10.3. The topological polar surface area (TPSA) is 106 Å². The molecule has 10 heteroatoms. The summed E-state index contributed by atoms with van der Waals surface area (Å²) in [7, 11) is -8.28. The number of primary sulfonamides is 1. The van der Waals surface area contributed by atoms with Crippen molar-refractivity contribution in [2.24, 2.45) is 5.14 Å². The van der Waals surface area contributed by atoms with Crippen molar-refractivity contribution in [2.75, 3.05) is 4.72 Å². The highest BCUT2D eigenvalue weighted by Gasteiger charge is 2.21. The van der Waals surface area contributed by atoms with Gasteiger partial charge in [0.25, 0.3) is 10.0 Å². The number of hydrogen-bond acceptors (Lipinski definition) is 4. The molecular formula is C12H10F2N2O4S2. The van der Waals surface area contributed by atoms with Crippen molar-refractivity contribution in [2.45, 2.75) is 9.79 Å². The van der Waals surface area contributed by atoms with Gasteiger partial charge in [-0.1, -0.05) is 6.07 Å². The van der Waals surface area contributed by atoms with Gasteiger partial charge in [-0.3, -0.25) is 4.72 Å². The number of rotatable bonds is 4. The molecule has 118 valence electrons. The van der Waals surface area contributed by atoms with Crippen molar-refractivity contribution >= 4 is 25.7 Å². The third-order valence-electron chi connectivity index (χ3n) is 2.64. The predicted molar refractivity (Wildman–Crippen MR) is 75.0 cm³/mol. The van der Waals surface area contributed by atoms with E-state index in [1.54, 1.807) is 0 Å². The lowest BCUT2D eigenvalue weighted by Gasteiger charge is -2.09. The van der Waals surface area contributed by atoms with Gasteiger partial charge in [0, 0.05) is 5.69 Å². The molecule has 0 saturated heterocycles. The van der Waals surface area contributed by atoms with Crippen molar-refractivity contribution in [1.82, 2.24) is 0 Å². The second-order valence-electron chi connectivity index (χ2n) is 4.23. The fraction of sp³-hybridized carbons (Fsp3) is 0. The summed E-state index contributed by atoms with van der Waals surface area (Å²) in [5.41, 5.74) is -0.0314. The second-order valence-corrected chi connectivity index (χ2v) is 7.44. The van der Waals surface area contributed by atoms with E-state index in [2.05, 4.69) is 0 Å². The van der Waals surface area contributed by atoms with Gasteiger partial charge in [-0.15, -0.1) is 0 Å².